The van der Waals surface area contributed by atoms with Crippen LogP contribution in [0.25, 0.3) is 0 Å². The summed E-state index contributed by atoms with van der Waals surface area (Å²) in [6.45, 7) is 7.83. The van der Waals surface area contributed by atoms with E-state index in [1.807, 2.05) is 26.0 Å². The number of anilines is 4. The van der Waals surface area contributed by atoms with Crippen molar-refractivity contribution < 1.29 is 4.52 Å². The van der Waals surface area contributed by atoms with E-state index in [1.165, 1.54) is 5.56 Å². The van der Waals surface area contributed by atoms with E-state index in [1.54, 1.807) is 0 Å². The zero-order valence-electron chi connectivity index (χ0n) is 13.6. The average molecular weight is 309 g/mol. The number of nitrogens with one attached hydrogen (secondary N) is 2. The van der Waals surface area contributed by atoms with Crippen molar-refractivity contribution in [2.45, 2.75) is 27.7 Å². The Bertz CT molecular complexity index is 841. The summed E-state index contributed by atoms with van der Waals surface area (Å²) in [5.74, 6) is 3.43. The van der Waals surface area contributed by atoms with Gasteiger partial charge in [0.15, 0.2) is 5.82 Å². The van der Waals surface area contributed by atoms with Gasteiger partial charge in [-0.2, -0.15) is 0 Å². The van der Waals surface area contributed by atoms with Crippen LogP contribution >= 0.6 is 0 Å². The Labute approximate surface area is 135 Å². The van der Waals surface area contributed by atoms with Crippen LogP contribution in [0, 0.1) is 27.7 Å². The third-order valence-corrected chi connectivity index (χ3v) is 3.38. The summed E-state index contributed by atoms with van der Waals surface area (Å²) in [5.41, 5.74) is 3.39. The maximum absolute atomic E-state index is 5.05. The smallest absolute Gasteiger partial charge is 0.175 e. The van der Waals surface area contributed by atoms with Crippen LogP contribution in [0.15, 0.2) is 34.9 Å². The van der Waals surface area contributed by atoms with Gasteiger partial charge in [-0.15, -0.1) is 0 Å². The number of aryl methyl sites for hydroxylation is 4. The van der Waals surface area contributed by atoms with Gasteiger partial charge in [-0.05, 0) is 44.9 Å². The molecule has 6 heteroatoms. The van der Waals surface area contributed by atoms with E-state index in [9.17, 15) is 0 Å². The molecule has 0 atom stereocenters. The van der Waals surface area contributed by atoms with Crippen LogP contribution in [-0.2, 0) is 0 Å². The van der Waals surface area contributed by atoms with E-state index in [0.29, 0.717) is 17.5 Å². The summed E-state index contributed by atoms with van der Waals surface area (Å²) < 4.78 is 5.05. The fourth-order valence-electron chi connectivity index (χ4n) is 2.26. The second-order valence-electron chi connectivity index (χ2n) is 5.58. The predicted molar refractivity (Wildman–Crippen MR) is 90.5 cm³/mol. The molecule has 0 saturated heterocycles. The second kappa shape index (κ2) is 6.08. The third-order valence-electron chi connectivity index (χ3n) is 3.38. The lowest BCUT2D eigenvalue weighted by Crippen LogP contribution is -2.02. The summed E-state index contributed by atoms with van der Waals surface area (Å²) in [4.78, 5) is 8.82. The van der Waals surface area contributed by atoms with Crippen LogP contribution in [-0.4, -0.2) is 15.1 Å². The van der Waals surface area contributed by atoms with Crippen LogP contribution < -0.4 is 10.6 Å². The van der Waals surface area contributed by atoms with E-state index in [-0.39, 0.29) is 0 Å². The lowest BCUT2D eigenvalue weighted by Gasteiger charge is -2.11. The molecule has 0 unspecified atom stereocenters. The average Bonchev–Trinajstić information content (AvgIpc) is 2.87. The number of hydrogen-bond donors (Lipinski definition) is 2. The number of aromatic nitrogens is 3. The minimum absolute atomic E-state index is 0.623. The number of hydrogen-bond acceptors (Lipinski definition) is 6. The summed E-state index contributed by atoms with van der Waals surface area (Å²) in [6.07, 6.45) is 0. The molecule has 2 aromatic heterocycles. The summed E-state index contributed by atoms with van der Waals surface area (Å²) >= 11 is 0. The molecule has 118 valence electrons. The Morgan fingerprint density at radius 3 is 2.26 bits per heavy atom. The summed E-state index contributed by atoms with van der Waals surface area (Å²) in [7, 11) is 0. The van der Waals surface area contributed by atoms with Crippen molar-refractivity contribution in [3.63, 3.8) is 0 Å². The van der Waals surface area contributed by atoms with Gasteiger partial charge in [0.1, 0.15) is 23.2 Å². The number of nitrogens with zero attached hydrogens (tertiary/aromatic N) is 3. The fourth-order valence-corrected chi connectivity index (χ4v) is 2.26. The molecule has 2 N–H and O–H groups in total. The molecular weight excluding hydrogens is 290 g/mol. The molecule has 0 aliphatic rings. The van der Waals surface area contributed by atoms with Crippen LogP contribution in [0.5, 0.6) is 0 Å². The first-order chi connectivity index (χ1) is 11.0. The Kier molecular flexibility index (Phi) is 3.97. The van der Waals surface area contributed by atoms with Crippen LogP contribution in [0.1, 0.15) is 22.7 Å². The first-order valence-corrected chi connectivity index (χ1v) is 7.40. The van der Waals surface area contributed by atoms with Gasteiger partial charge in [0.25, 0.3) is 0 Å². The second-order valence-corrected chi connectivity index (χ2v) is 5.58. The van der Waals surface area contributed by atoms with Crippen LogP contribution in [0.2, 0.25) is 0 Å². The maximum atomic E-state index is 5.05. The molecule has 0 spiro atoms. The molecule has 2 heterocycles. The number of benzene rings is 1. The minimum Gasteiger partial charge on any atom is -0.360 e. The summed E-state index contributed by atoms with van der Waals surface area (Å²) in [6, 6.07) is 9.93. The van der Waals surface area contributed by atoms with E-state index < -0.39 is 0 Å². The quantitative estimate of drug-likeness (QED) is 0.752. The van der Waals surface area contributed by atoms with Crippen LogP contribution in [0.4, 0.5) is 23.1 Å². The number of rotatable bonds is 4. The van der Waals surface area contributed by atoms with Crippen molar-refractivity contribution in [2.75, 3.05) is 10.6 Å². The normalized spacial score (nSPS) is 10.6. The fraction of sp³-hybridized carbons (Fsp3) is 0.235. The largest absolute Gasteiger partial charge is 0.360 e. The molecule has 0 saturated carbocycles. The molecule has 0 aliphatic carbocycles. The van der Waals surface area contributed by atoms with Crippen molar-refractivity contribution in [2.24, 2.45) is 0 Å². The van der Waals surface area contributed by atoms with Crippen molar-refractivity contribution >= 4 is 23.1 Å². The lowest BCUT2D eigenvalue weighted by molar-refractivity contribution is 0.400. The van der Waals surface area contributed by atoms with Gasteiger partial charge in [0.05, 0.1) is 0 Å². The molecule has 0 fully saturated rings. The zero-order valence-corrected chi connectivity index (χ0v) is 13.6. The van der Waals surface area contributed by atoms with E-state index in [0.717, 1.165) is 22.8 Å². The van der Waals surface area contributed by atoms with Crippen molar-refractivity contribution in [1.29, 1.82) is 0 Å². The highest BCUT2D eigenvalue weighted by Gasteiger charge is 2.07. The Morgan fingerprint density at radius 1 is 0.826 bits per heavy atom. The molecule has 0 aliphatic heterocycles. The van der Waals surface area contributed by atoms with E-state index in [2.05, 4.69) is 57.8 Å². The summed E-state index contributed by atoms with van der Waals surface area (Å²) in [5, 5.41) is 10.4. The maximum Gasteiger partial charge on any atom is 0.175 e. The Morgan fingerprint density at radius 2 is 1.57 bits per heavy atom. The highest BCUT2D eigenvalue weighted by atomic mass is 16.5. The monoisotopic (exact) mass is 309 g/mol. The van der Waals surface area contributed by atoms with Gasteiger partial charge in [0.2, 0.25) is 0 Å². The predicted octanol–water partition coefficient (Wildman–Crippen LogP) is 4.19. The molecule has 0 radical (unpaired) electrons. The van der Waals surface area contributed by atoms with E-state index in [4.69, 9.17) is 4.52 Å². The molecular formula is C17H19N5O. The molecule has 0 amide bonds. The zero-order chi connectivity index (χ0) is 16.4. The van der Waals surface area contributed by atoms with Crippen LogP contribution in [0.3, 0.4) is 0 Å². The molecule has 6 nitrogen and oxygen atoms in total. The standard InChI is InChI=1S/C17H19N5O/c1-10-5-6-11(2)14(7-10)20-15-9-16(19-13(4)18-15)21-17-8-12(3)23-22-17/h5-9H,1-4H3,(H2,18,19,20,21,22). The first kappa shape index (κ1) is 15.0. The van der Waals surface area contributed by atoms with Gasteiger partial charge in [-0.3, -0.25) is 0 Å². The third kappa shape index (κ3) is 3.66. The van der Waals surface area contributed by atoms with Crippen molar-refractivity contribution in [3.8, 4) is 0 Å². The Hall–Kier alpha value is -2.89. The highest BCUT2D eigenvalue weighted by molar-refractivity contribution is 5.64. The highest BCUT2D eigenvalue weighted by Crippen LogP contribution is 2.23. The van der Waals surface area contributed by atoms with Gasteiger partial charge >= 0.3 is 0 Å². The lowest BCUT2D eigenvalue weighted by atomic mass is 10.1. The molecule has 3 aromatic rings. The molecule has 23 heavy (non-hydrogen) atoms. The molecule has 0 bridgehead atoms. The molecule has 3 rings (SSSR count). The first-order valence-electron chi connectivity index (χ1n) is 7.40. The van der Waals surface area contributed by atoms with Gasteiger partial charge in [-0.1, -0.05) is 17.3 Å². The van der Waals surface area contributed by atoms with Crippen molar-refractivity contribution in [3.05, 3.63) is 53.0 Å². The Balaban J connectivity index is 1.86. The van der Waals surface area contributed by atoms with Crippen molar-refractivity contribution in [1.82, 2.24) is 15.1 Å². The SMILES string of the molecule is Cc1ccc(C)c(Nc2cc(Nc3cc(C)on3)nc(C)n2)c1. The van der Waals surface area contributed by atoms with Gasteiger partial charge < -0.3 is 15.2 Å². The minimum atomic E-state index is 0.623. The van der Waals surface area contributed by atoms with Gasteiger partial charge in [-0.25, -0.2) is 9.97 Å². The van der Waals surface area contributed by atoms with Gasteiger partial charge in [0, 0.05) is 17.8 Å². The van der Waals surface area contributed by atoms with E-state index >= 15 is 0 Å². The molecule has 1 aromatic carbocycles. The topological polar surface area (TPSA) is 75.9 Å².